The zero-order valence-electron chi connectivity index (χ0n) is 17.2. The van der Waals surface area contributed by atoms with Gasteiger partial charge in [0.2, 0.25) is 5.91 Å². The number of ether oxygens (including phenoxy) is 2. The van der Waals surface area contributed by atoms with Crippen molar-refractivity contribution < 1.29 is 23.5 Å². The Bertz CT molecular complexity index is 948. The van der Waals surface area contributed by atoms with Crippen molar-refractivity contribution in [3.05, 3.63) is 59.4 Å². The van der Waals surface area contributed by atoms with E-state index in [0.29, 0.717) is 43.2 Å². The lowest BCUT2D eigenvalue weighted by atomic mass is 9.94. The maximum atomic E-state index is 13.3. The molecule has 158 valence electrons. The minimum absolute atomic E-state index is 0.0762. The number of methoxy groups -OCH3 is 2. The van der Waals surface area contributed by atoms with Crippen molar-refractivity contribution in [3.63, 3.8) is 0 Å². The summed E-state index contributed by atoms with van der Waals surface area (Å²) in [7, 11) is 3.08. The van der Waals surface area contributed by atoms with Crippen LogP contribution in [-0.2, 0) is 10.2 Å². The molecule has 2 aliphatic rings. The van der Waals surface area contributed by atoms with E-state index in [1.807, 2.05) is 4.90 Å². The van der Waals surface area contributed by atoms with Crippen LogP contribution in [0.15, 0.2) is 42.5 Å². The molecular formula is C23H25FN2O4. The van der Waals surface area contributed by atoms with Crippen molar-refractivity contribution >= 4 is 11.8 Å². The second-order valence-electron chi connectivity index (χ2n) is 7.74. The maximum absolute atomic E-state index is 13.3. The highest BCUT2D eigenvalue weighted by molar-refractivity contribution is 5.95. The number of hydrogen-bond acceptors (Lipinski definition) is 4. The van der Waals surface area contributed by atoms with Crippen LogP contribution >= 0.6 is 0 Å². The van der Waals surface area contributed by atoms with Gasteiger partial charge in [0, 0.05) is 31.7 Å². The van der Waals surface area contributed by atoms with Crippen LogP contribution in [0.2, 0.25) is 0 Å². The first kappa shape index (κ1) is 20.2. The summed E-state index contributed by atoms with van der Waals surface area (Å²) in [6, 6.07) is 11.3. The van der Waals surface area contributed by atoms with Crippen LogP contribution in [0.5, 0.6) is 11.5 Å². The smallest absolute Gasteiger partial charge is 0.254 e. The fraction of sp³-hybridized carbons (Fsp3) is 0.391. The number of rotatable bonds is 5. The van der Waals surface area contributed by atoms with Crippen molar-refractivity contribution in [2.75, 3.05) is 40.4 Å². The predicted molar refractivity (Wildman–Crippen MR) is 109 cm³/mol. The van der Waals surface area contributed by atoms with E-state index in [1.165, 1.54) is 19.2 Å². The Kier molecular flexibility index (Phi) is 5.37. The molecular weight excluding hydrogens is 387 g/mol. The largest absolute Gasteiger partial charge is 0.493 e. The maximum Gasteiger partial charge on any atom is 0.254 e. The van der Waals surface area contributed by atoms with Gasteiger partial charge in [0.15, 0.2) is 11.5 Å². The molecule has 2 aromatic carbocycles. The van der Waals surface area contributed by atoms with E-state index in [4.69, 9.17) is 9.47 Å². The summed E-state index contributed by atoms with van der Waals surface area (Å²) in [4.78, 5) is 29.6. The van der Waals surface area contributed by atoms with Gasteiger partial charge in [-0.3, -0.25) is 9.59 Å². The van der Waals surface area contributed by atoms with Crippen molar-refractivity contribution in [1.29, 1.82) is 0 Å². The molecule has 6 nitrogen and oxygen atoms in total. The number of halogens is 1. The van der Waals surface area contributed by atoms with Gasteiger partial charge in [-0.2, -0.15) is 0 Å². The van der Waals surface area contributed by atoms with Gasteiger partial charge in [-0.05, 0) is 48.7 Å². The van der Waals surface area contributed by atoms with E-state index < -0.39 is 5.41 Å². The number of amides is 2. The Morgan fingerprint density at radius 1 is 0.867 bits per heavy atom. The minimum atomic E-state index is -0.525. The van der Waals surface area contributed by atoms with E-state index in [9.17, 15) is 14.0 Å². The summed E-state index contributed by atoms with van der Waals surface area (Å²) >= 11 is 0. The van der Waals surface area contributed by atoms with Crippen LogP contribution in [0.1, 0.15) is 28.8 Å². The SMILES string of the molecule is COc1ccc(C(=O)N2CCN(C(=O)C3(c4ccc(F)cc4)CC3)CC2)cc1OC. The molecule has 4 rings (SSSR count). The topological polar surface area (TPSA) is 59.1 Å². The Balaban J connectivity index is 1.41. The van der Waals surface area contributed by atoms with Crippen LogP contribution < -0.4 is 9.47 Å². The Hall–Kier alpha value is -3.09. The first-order valence-electron chi connectivity index (χ1n) is 10.1. The summed E-state index contributed by atoms with van der Waals surface area (Å²) in [5.41, 5.74) is 0.874. The molecule has 1 saturated heterocycles. The van der Waals surface area contributed by atoms with Crippen molar-refractivity contribution in [3.8, 4) is 11.5 Å². The van der Waals surface area contributed by atoms with Gasteiger partial charge in [0.25, 0.3) is 5.91 Å². The molecule has 30 heavy (non-hydrogen) atoms. The molecule has 0 unspecified atom stereocenters. The van der Waals surface area contributed by atoms with Gasteiger partial charge >= 0.3 is 0 Å². The van der Waals surface area contributed by atoms with Crippen molar-refractivity contribution in [1.82, 2.24) is 9.80 Å². The fourth-order valence-corrected chi connectivity index (χ4v) is 4.09. The molecule has 7 heteroatoms. The third-order valence-corrected chi connectivity index (χ3v) is 6.04. The van der Waals surface area contributed by atoms with E-state index >= 15 is 0 Å². The normalized spacial score (nSPS) is 17.4. The lowest BCUT2D eigenvalue weighted by molar-refractivity contribution is -0.135. The monoisotopic (exact) mass is 412 g/mol. The Morgan fingerprint density at radius 3 is 2.03 bits per heavy atom. The second-order valence-corrected chi connectivity index (χ2v) is 7.74. The number of piperazine rings is 1. The molecule has 2 fully saturated rings. The highest BCUT2D eigenvalue weighted by atomic mass is 19.1. The quantitative estimate of drug-likeness (QED) is 0.758. The van der Waals surface area contributed by atoms with Crippen LogP contribution in [0.25, 0.3) is 0 Å². The summed E-state index contributed by atoms with van der Waals surface area (Å²) < 4.78 is 23.8. The van der Waals surface area contributed by atoms with E-state index in [2.05, 4.69) is 0 Å². The van der Waals surface area contributed by atoms with Crippen LogP contribution in [-0.4, -0.2) is 62.0 Å². The van der Waals surface area contributed by atoms with E-state index in [-0.39, 0.29) is 17.6 Å². The first-order chi connectivity index (χ1) is 14.5. The molecule has 0 N–H and O–H groups in total. The third-order valence-electron chi connectivity index (χ3n) is 6.04. The number of carbonyl (C=O) groups excluding carboxylic acids is 2. The van der Waals surface area contributed by atoms with Gasteiger partial charge < -0.3 is 19.3 Å². The molecule has 0 bridgehead atoms. The predicted octanol–water partition coefficient (Wildman–Crippen LogP) is 2.86. The van der Waals surface area contributed by atoms with Crippen molar-refractivity contribution in [2.45, 2.75) is 18.3 Å². The molecule has 0 radical (unpaired) electrons. The highest BCUT2D eigenvalue weighted by Gasteiger charge is 2.53. The number of nitrogens with zero attached hydrogens (tertiary/aromatic N) is 2. The standard InChI is InChI=1S/C23H25FN2O4/c1-29-19-8-3-16(15-20(19)30-2)21(27)25-11-13-26(14-12-25)22(28)23(9-10-23)17-4-6-18(24)7-5-17/h3-8,15H,9-14H2,1-2H3. The van der Waals surface area contributed by atoms with Gasteiger partial charge in [0.1, 0.15) is 5.82 Å². The Morgan fingerprint density at radius 2 is 1.47 bits per heavy atom. The summed E-state index contributed by atoms with van der Waals surface area (Å²) in [6.45, 7) is 1.92. The fourth-order valence-electron chi connectivity index (χ4n) is 4.09. The zero-order valence-corrected chi connectivity index (χ0v) is 17.2. The average molecular weight is 412 g/mol. The molecule has 1 aliphatic carbocycles. The second kappa shape index (κ2) is 7.97. The molecule has 0 aromatic heterocycles. The number of hydrogen-bond donors (Lipinski definition) is 0. The van der Waals surface area contributed by atoms with Crippen LogP contribution in [0.3, 0.4) is 0 Å². The minimum Gasteiger partial charge on any atom is -0.493 e. The van der Waals surface area contributed by atoms with Gasteiger partial charge in [-0.1, -0.05) is 12.1 Å². The first-order valence-corrected chi connectivity index (χ1v) is 10.1. The molecule has 2 amide bonds. The highest BCUT2D eigenvalue weighted by Crippen LogP contribution is 2.49. The number of carbonyl (C=O) groups is 2. The average Bonchev–Trinajstić information content (AvgIpc) is 3.60. The van der Waals surface area contributed by atoms with Crippen LogP contribution in [0, 0.1) is 5.82 Å². The van der Waals surface area contributed by atoms with E-state index in [1.54, 1.807) is 42.3 Å². The van der Waals surface area contributed by atoms with E-state index in [0.717, 1.165) is 18.4 Å². The van der Waals surface area contributed by atoms with Gasteiger partial charge in [-0.15, -0.1) is 0 Å². The van der Waals surface area contributed by atoms with Crippen molar-refractivity contribution in [2.24, 2.45) is 0 Å². The summed E-state index contributed by atoms with van der Waals surface area (Å²) in [6.07, 6.45) is 1.56. The van der Waals surface area contributed by atoms with Gasteiger partial charge in [0.05, 0.1) is 19.6 Å². The molecule has 0 atom stereocenters. The molecule has 2 aromatic rings. The lowest BCUT2D eigenvalue weighted by Crippen LogP contribution is -2.53. The number of benzene rings is 2. The molecule has 1 aliphatic heterocycles. The molecule has 1 heterocycles. The summed E-state index contributed by atoms with van der Waals surface area (Å²) in [5, 5.41) is 0. The van der Waals surface area contributed by atoms with Gasteiger partial charge in [-0.25, -0.2) is 4.39 Å². The molecule has 0 spiro atoms. The van der Waals surface area contributed by atoms with Crippen LogP contribution in [0.4, 0.5) is 4.39 Å². The summed E-state index contributed by atoms with van der Waals surface area (Å²) in [5.74, 6) is 0.756. The lowest BCUT2D eigenvalue weighted by Gasteiger charge is -2.36. The zero-order chi connectivity index (χ0) is 21.3. The third kappa shape index (κ3) is 3.60. The molecule has 1 saturated carbocycles. The Labute approximate surface area is 175 Å².